The fraction of sp³-hybridized carbons (Fsp3) is 0.125. The second kappa shape index (κ2) is 5.43. The molecule has 2 aromatic heterocycles. The van der Waals surface area contributed by atoms with Crippen molar-refractivity contribution in [1.29, 1.82) is 0 Å². The van der Waals surface area contributed by atoms with Gasteiger partial charge in [0.2, 0.25) is 0 Å². The molecule has 20 heavy (non-hydrogen) atoms. The number of pyridine rings is 1. The Labute approximate surface area is 122 Å². The van der Waals surface area contributed by atoms with Crippen molar-refractivity contribution in [2.24, 2.45) is 0 Å². The smallest absolute Gasteiger partial charge is 0.125 e. The zero-order valence-electron chi connectivity index (χ0n) is 11.4. The monoisotopic (exact) mass is 281 g/mol. The van der Waals surface area contributed by atoms with Crippen LogP contribution in [0, 0.1) is 6.92 Å². The first-order chi connectivity index (χ1) is 9.78. The molecule has 0 radical (unpaired) electrons. The van der Waals surface area contributed by atoms with Crippen molar-refractivity contribution in [2.75, 3.05) is 12.4 Å². The number of hydrogen-bond acceptors (Lipinski definition) is 4. The molecule has 100 valence electrons. The minimum atomic E-state index is 0.896. The van der Waals surface area contributed by atoms with E-state index >= 15 is 0 Å². The van der Waals surface area contributed by atoms with Crippen molar-refractivity contribution in [3.05, 3.63) is 53.8 Å². The molecule has 0 fully saturated rings. The molecule has 1 aromatic carbocycles. The van der Waals surface area contributed by atoms with Gasteiger partial charge in [-0.15, -0.1) is 11.3 Å². The first kappa shape index (κ1) is 12.8. The lowest BCUT2D eigenvalue weighted by molar-refractivity contribution is 1.26. The first-order valence-electron chi connectivity index (χ1n) is 6.41. The summed E-state index contributed by atoms with van der Waals surface area (Å²) in [4.78, 5) is 9.69. The average Bonchev–Trinajstić information content (AvgIpc) is 3.01. The van der Waals surface area contributed by atoms with E-state index in [0.717, 1.165) is 5.82 Å². The van der Waals surface area contributed by atoms with Crippen LogP contribution in [0.3, 0.4) is 0 Å². The Bertz CT molecular complexity index is 703. The maximum atomic E-state index is 4.39. The van der Waals surface area contributed by atoms with E-state index in [0.29, 0.717) is 0 Å². The molecule has 0 aliphatic carbocycles. The summed E-state index contributed by atoms with van der Waals surface area (Å²) < 4.78 is 0. The van der Waals surface area contributed by atoms with Crippen LogP contribution < -0.4 is 5.32 Å². The number of nitrogens with zero attached hydrogens (tertiary/aromatic N) is 2. The Morgan fingerprint density at radius 3 is 2.40 bits per heavy atom. The standard InChI is InChI=1S/C16H15N3S/c1-11-7-16(17-2)19-8-14(11)12-3-5-13(6-4-12)15-9-18-10-20-15/h3-10H,1-2H3,(H,17,19). The van der Waals surface area contributed by atoms with Gasteiger partial charge in [-0.05, 0) is 29.7 Å². The molecule has 0 aliphatic rings. The Hall–Kier alpha value is -2.20. The molecule has 0 amide bonds. The summed E-state index contributed by atoms with van der Waals surface area (Å²) in [7, 11) is 1.88. The Morgan fingerprint density at radius 2 is 1.80 bits per heavy atom. The second-order valence-electron chi connectivity index (χ2n) is 4.58. The first-order valence-corrected chi connectivity index (χ1v) is 7.29. The van der Waals surface area contributed by atoms with Crippen LogP contribution in [-0.2, 0) is 0 Å². The van der Waals surface area contributed by atoms with Crippen LogP contribution in [0.5, 0.6) is 0 Å². The summed E-state index contributed by atoms with van der Waals surface area (Å²) in [5, 5.41) is 3.06. The number of aryl methyl sites for hydroxylation is 1. The largest absolute Gasteiger partial charge is 0.373 e. The van der Waals surface area contributed by atoms with Crippen LogP contribution in [0.1, 0.15) is 5.56 Å². The van der Waals surface area contributed by atoms with Gasteiger partial charge in [0.15, 0.2) is 0 Å². The maximum Gasteiger partial charge on any atom is 0.125 e. The zero-order valence-corrected chi connectivity index (χ0v) is 12.2. The average molecular weight is 281 g/mol. The normalized spacial score (nSPS) is 10.5. The molecule has 0 bridgehead atoms. The zero-order chi connectivity index (χ0) is 13.9. The molecule has 0 saturated heterocycles. The fourth-order valence-corrected chi connectivity index (χ4v) is 2.80. The van der Waals surface area contributed by atoms with Gasteiger partial charge in [0, 0.05) is 25.0 Å². The van der Waals surface area contributed by atoms with Gasteiger partial charge in [0.1, 0.15) is 5.82 Å². The van der Waals surface area contributed by atoms with Crippen molar-refractivity contribution in [1.82, 2.24) is 9.97 Å². The Balaban J connectivity index is 1.95. The highest BCUT2D eigenvalue weighted by Crippen LogP contribution is 2.28. The van der Waals surface area contributed by atoms with Gasteiger partial charge in [-0.2, -0.15) is 0 Å². The van der Waals surface area contributed by atoms with Crippen LogP contribution >= 0.6 is 11.3 Å². The minimum absolute atomic E-state index is 0.896. The summed E-state index contributed by atoms with van der Waals surface area (Å²) in [5.41, 5.74) is 6.63. The molecule has 0 saturated carbocycles. The Morgan fingerprint density at radius 1 is 1.05 bits per heavy atom. The molecule has 4 heteroatoms. The molecule has 2 heterocycles. The van der Waals surface area contributed by atoms with Gasteiger partial charge in [-0.3, -0.25) is 4.98 Å². The van der Waals surface area contributed by atoms with E-state index in [2.05, 4.69) is 52.5 Å². The van der Waals surface area contributed by atoms with Gasteiger partial charge in [0.05, 0.1) is 10.4 Å². The molecular formula is C16H15N3S. The number of hydrogen-bond donors (Lipinski definition) is 1. The van der Waals surface area contributed by atoms with E-state index in [-0.39, 0.29) is 0 Å². The maximum absolute atomic E-state index is 4.39. The number of nitrogens with one attached hydrogen (secondary N) is 1. The highest BCUT2D eigenvalue weighted by atomic mass is 32.1. The summed E-state index contributed by atoms with van der Waals surface area (Å²) >= 11 is 1.65. The third-order valence-corrected chi connectivity index (χ3v) is 4.10. The van der Waals surface area contributed by atoms with Crippen LogP contribution in [-0.4, -0.2) is 17.0 Å². The van der Waals surface area contributed by atoms with Gasteiger partial charge in [-0.25, -0.2) is 4.98 Å². The number of thiazole rings is 1. The van der Waals surface area contributed by atoms with E-state index in [1.807, 2.05) is 25.0 Å². The molecule has 3 aromatic rings. The van der Waals surface area contributed by atoms with Gasteiger partial charge in [0.25, 0.3) is 0 Å². The highest BCUT2D eigenvalue weighted by Gasteiger charge is 2.05. The lowest BCUT2D eigenvalue weighted by atomic mass is 10.0. The van der Waals surface area contributed by atoms with Gasteiger partial charge >= 0.3 is 0 Å². The van der Waals surface area contributed by atoms with E-state index in [4.69, 9.17) is 0 Å². The Kier molecular flexibility index (Phi) is 3.48. The SMILES string of the molecule is CNc1cc(C)c(-c2ccc(-c3cncs3)cc2)cn1. The number of rotatable bonds is 3. The summed E-state index contributed by atoms with van der Waals surface area (Å²) in [6, 6.07) is 10.6. The number of benzene rings is 1. The van der Waals surface area contributed by atoms with Gasteiger partial charge < -0.3 is 5.32 Å². The molecule has 0 unspecified atom stereocenters. The van der Waals surface area contributed by atoms with E-state index in [1.54, 1.807) is 11.3 Å². The second-order valence-corrected chi connectivity index (χ2v) is 5.46. The predicted octanol–water partition coefficient (Wildman–Crippen LogP) is 4.22. The lowest BCUT2D eigenvalue weighted by Gasteiger charge is -2.08. The third-order valence-electron chi connectivity index (χ3n) is 3.28. The van der Waals surface area contributed by atoms with Crippen LogP contribution in [0.4, 0.5) is 5.82 Å². The molecule has 3 nitrogen and oxygen atoms in total. The highest BCUT2D eigenvalue weighted by molar-refractivity contribution is 7.13. The minimum Gasteiger partial charge on any atom is -0.373 e. The van der Waals surface area contributed by atoms with Crippen LogP contribution in [0.25, 0.3) is 21.6 Å². The summed E-state index contributed by atoms with van der Waals surface area (Å²) in [6.45, 7) is 2.11. The quantitative estimate of drug-likeness (QED) is 0.781. The van der Waals surface area contributed by atoms with Crippen LogP contribution in [0.2, 0.25) is 0 Å². The molecule has 3 rings (SSSR count). The van der Waals surface area contributed by atoms with Crippen molar-refractivity contribution < 1.29 is 0 Å². The van der Waals surface area contributed by atoms with Gasteiger partial charge in [-0.1, -0.05) is 24.3 Å². The third kappa shape index (κ3) is 2.42. The molecule has 0 aliphatic heterocycles. The predicted molar refractivity (Wildman–Crippen MR) is 85.1 cm³/mol. The molecule has 0 spiro atoms. The van der Waals surface area contributed by atoms with Crippen molar-refractivity contribution in [3.8, 4) is 21.6 Å². The lowest BCUT2D eigenvalue weighted by Crippen LogP contribution is -1.94. The summed E-state index contributed by atoms with van der Waals surface area (Å²) in [6.07, 6.45) is 3.82. The number of anilines is 1. The van der Waals surface area contributed by atoms with Crippen molar-refractivity contribution >= 4 is 17.2 Å². The van der Waals surface area contributed by atoms with E-state index in [9.17, 15) is 0 Å². The van der Waals surface area contributed by atoms with Crippen molar-refractivity contribution in [2.45, 2.75) is 6.92 Å². The molecule has 1 N–H and O–H groups in total. The van der Waals surface area contributed by atoms with E-state index in [1.165, 1.54) is 27.1 Å². The molecule has 0 atom stereocenters. The van der Waals surface area contributed by atoms with E-state index < -0.39 is 0 Å². The van der Waals surface area contributed by atoms with Crippen molar-refractivity contribution in [3.63, 3.8) is 0 Å². The van der Waals surface area contributed by atoms with Crippen LogP contribution in [0.15, 0.2) is 48.2 Å². The molecular weight excluding hydrogens is 266 g/mol. The fourth-order valence-electron chi connectivity index (χ4n) is 2.17. The topological polar surface area (TPSA) is 37.8 Å². The number of aromatic nitrogens is 2. The summed E-state index contributed by atoms with van der Waals surface area (Å²) in [5.74, 6) is 0.896.